The Morgan fingerprint density at radius 3 is 2.20 bits per heavy atom. The predicted octanol–water partition coefficient (Wildman–Crippen LogP) is 6.61. The van der Waals surface area contributed by atoms with Gasteiger partial charge in [0.2, 0.25) is 6.41 Å². The molecule has 13 heteroatoms. The van der Waals surface area contributed by atoms with Crippen molar-refractivity contribution in [3.63, 3.8) is 0 Å². The third-order valence-electron chi connectivity index (χ3n) is 9.26. The minimum atomic E-state index is -1.28. The molecule has 0 spiro atoms. The molecular weight excluding hydrogens is 698 g/mol. The highest BCUT2D eigenvalue weighted by Crippen LogP contribution is 2.35. The molecular formula is C41H56F2N4O7. The van der Waals surface area contributed by atoms with Crippen molar-refractivity contribution in [1.29, 1.82) is 0 Å². The summed E-state index contributed by atoms with van der Waals surface area (Å²) in [5.74, 6) is 0.419. The number of rotatable bonds is 17. The first kappa shape index (κ1) is 45.0. The molecule has 2 fully saturated rings. The lowest BCUT2D eigenvalue weighted by atomic mass is 10.0. The Labute approximate surface area is 318 Å². The summed E-state index contributed by atoms with van der Waals surface area (Å²) in [7, 11) is 3.57. The van der Waals surface area contributed by atoms with Gasteiger partial charge in [-0.15, -0.1) is 13.2 Å². The van der Waals surface area contributed by atoms with Crippen LogP contribution in [0.25, 0.3) is 0 Å². The average molecular weight is 755 g/mol. The van der Waals surface area contributed by atoms with Gasteiger partial charge in [0.1, 0.15) is 25.9 Å². The minimum Gasteiger partial charge on any atom is -0.487 e. The maximum Gasteiger partial charge on any atom is 0.265 e. The summed E-state index contributed by atoms with van der Waals surface area (Å²) in [6, 6.07) is 10.4. The molecule has 2 aromatic carbocycles. The summed E-state index contributed by atoms with van der Waals surface area (Å²) in [6.45, 7) is 14.5. The summed E-state index contributed by atoms with van der Waals surface area (Å²) in [5, 5.41) is 2.79. The van der Waals surface area contributed by atoms with Gasteiger partial charge in [-0.3, -0.25) is 14.4 Å². The largest absolute Gasteiger partial charge is 0.487 e. The minimum absolute atomic E-state index is 0.0527. The number of allylic oxidation sites excluding steroid dienone is 2. The number of anilines is 1. The molecule has 296 valence electrons. The first-order valence-corrected chi connectivity index (χ1v) is 18.1. The number of ether oxygens (including phenoxy) is 3. The van der Waals surface area contributed by atoms with Crippen LogP contribution in [0.2, 0.25) is 0 Å². The lowest BCUT2D eigenvalue weighted by Crippen LogP contribution is -2.43. The van der Waals surface area contributed by atoms with Crippen LogP contribution >= 0.6 is 0 Å². The third kappa shape index (κ3) is 12.7. The van der Waals surface area contributed by atoms with Gasteiger partial charge in [0, 0.05) is 51.2 Å². The molecule has 4 rings (SSSR count). The number of carbonyl (C=O) groups is 4. The maximum absolute atomic E-state index is 14.2. The molecule has 54 heavy (non-hydrogen) atoms. The Kier molecular flexibility index (Phi) is 19.5. The summed E-state index contributed by atoms with van der Waals surface area (Å²) in [6.07, 6.45) is 7.54. The number of nitrogens with one attached hydrogen (secondary N) is 1. The van der Waals surface area contributed by atoms with E-state index in [0.29, 0.717) is 41.5 Å². The summed E-state index contributed by atoms with van der Waals surface area (Å²) >= 11 is 0. The van der Waals surface area contributed by atoms with Crippen molar-refractivity contribution in [1.82, 2.24) is 15.1 Å². The molecule has 2 aliphatic rings. The second-order valence-corrected chi connectivity index (χ2v) is 12.9. The summed E-state index contributed by atoms with van der Waals surface area (Å²) in [5.41, 5.74) is 2.25. The van der Waals surface area contributed by atoms with E-state index >= 15 is 0 Å². The van der Waals surface area contributed by atoms with Crippen molar-refractivity contribution in [3.8, 4) is 17.2 Å². The molecule has 1 N–H and O–H groups in total. The fraction of sp³-hybridized carbons (Fsp3) is 0.463. The molecule has 1 atom stereocenters. The molecule has 1 saturated carbocycles. The number of piperidine rings is 1. The zero-order chi connectivity index (χ0) is 40.2. The molecule has 1 aliphatic carbocycles. The molecule has 0 unspecified atom stereocenters. The molecule has 1 heterocycles. The normalized spacial score (nSPS) is 15.1. The lowest BCUT2D eigenvalue weighted by Gasteiger charge is -2.37. The summed E-state index contributed by atoms with van der Waals surface area (Å²) < 4.78 is 44.7. The van der Waals surface area contributed by atoms with E-state index < -0.39 is 25.6 Å². The highest BCUT2D eigenvalue weighted by Gasteiger charge is 2.28. The zero-order valence-corrected chi connectivity index (χ0v) is 32.1. The van der Waals surface area contributed by atoms with Gasteiger partial charge < -0.3 is 39.0 Å². The van der Waals surface area contributed by atoms with Gasteiger partial charge in [-0.25, -0.2) is 8.78 Å². The fourth-order valence-electron chi connectivity index (χ4n) is 6.25. The molecule has 1 saturated heterocycles. The number of likely N-dealkylation sites (tertiary alicyclic amines) is 1. The smallest absolute Gasteiger partial charge is 0.265 e. The van der Waals surface area contributed by atoms with E-state index in [0.717, 1.165) is 50.5 Å². The Morgan fingerprint density at radius 2 is 1.63 bits per heavy atom. The molecule has 1 aliphatic heterocycles. The van der Waals surface area contributed by atoms with Crippen LogP contribution in [-0.2, 0) is 20.9 Å². The molecule has 2 aromatic rings. The van der Waals surface area contributed by atoms with Crippen molar-refractivity contribution in [2.24, 2.45) is 0 Å². The van der Waals surface area contributed by atoms with E-state index in [2.05, 4.69) is 25.1 Å². The Hall–Kier alpha value is -5.20. The van der Waals surface area contributed by atoms with Gasteiger partial charge in [0.15, 0.2) is 23.7 Å². The summed E-state index contributed by atoms with van der Waals surface area (Å²) in [4.78, 5) is 51.6. The van der Waals surface area contributed by atoms with Crippen LogP contribution in [0.4, 0.5) is 14.5 Å². The van der Waals surface area contributed by atoms with Crippen LogP contribution in [0, 0.1) is 0 Å². The van der Waals surface area contributed by atoms with Crippen LogP contribution < -0.4 is 24.4 Å². The standard InChI is InChI=1S/C38H50F2N4O6.C2H4.CH2O/c1-6-28(7-2)41-37(46)26(3)48-36-20-27(12-15-35(36)50-30-10-8-9-11-30)24-42(4)38(47)33-21-31(49-32(22-39)23-40)13-14-34(33)43(5)29-16-18-44(25-45)19-17-29;2*1-2/h6-7,12-15,20-21,25-26,29-30,32H,1,8-11,16-19,22-24H2,2-5H3,(H,41,46);1-2H2;1H2/b28-7+;;/t26-;;/m1../s1. The van der Waals surface area contributed by atoms with Crippen molar-refractivity contribution in [2.75, 3.05) is 45.4 Å². The van der Waals surface area contributed by atoms with Crippen LogP contribution in [-0.4, -0.2) is 99.7 Å². The molecule has 11 nitrogen and oxygen atoms in total. The Bertz CT molecular complexity index is 1540. The van der Waals surface area contributed by atoms with E-state index in [1.807, 2.05) is 24.8 Å². The number of nitrogens with zero attached hydrogens (tertiary/aromatic N) is 3. The van der Waals surface area contributed by atoms with Crippen LogP contribution in [0.1, 0.15) is 68.3 Å². The van der Waals surface area contributed by atoms with E-state index in [1.54, 1.807) is 67.1 Å². The van der Waals surface area contributed by atoms with Gasteiger partial charge in [0.25, 0.3) is 11.8 Å². The van der Waals surface area contributed by atoms with E-state index in [-0.39, 0.29) is 36.3 Å². The number of hydrogen-bond acceptors (Lipinski definition) is 8. The molecule has 0 aromatic heterocycles. The van der Waals surface area contributed by atoms with Gasteiger partial charge in [0.05, 0.1) is 11.7 Å². The SMILES string of the molecule is C=C.C=C/C(=C\C)NC(=O)[C@@H](C)Oc1cc(CN(C)C(=O)c2cc(OC(CF)CF)ccc2N(C)C2CCN(C=O)CC2)ccc1OC1CCCC1.C=O. The van der Waals surface area contributed by atoms with Gasteiger partial charge in [-0.1, -0.05) is 18.7 Å². The topological polar surface area (TPSA) is 118 Å². The van der Waals surface area contributed by atoms with Crippen molar-refractivity contribution < 1.29 is 42.2 Å². The van der Waals surface area contributed by atoms with E-state index in [4.69, 9.17) is 19.0 Å². The number of alkyl halides is 2. The molecule has 3 amide bonds. The van der Waals surface area contributed by atoms with Crippen LogP contribution in [0.3, 0.4) is 0 Å². The second kappa shape index (κ2) is 23.5. The molecule has 0 bridgehead atoms. The van der Waals surface area contributed by atoms with Crippen LogP contribution in [0.5, 0.6) is 17.2 Å². The van der Waals surface area contributed by atoms with Gasteiger partial charge >= 0.3 is 0 Å². The highest BCUT2D eigenvalue weighted by atomic mass is 19.1. The Morgan fingerprint density at radius 1 is 0.981 bits per heavy atom. The fourth-order valence-corrected chi connectivity index (χ4v) is 6.25. The van der Waals surface area contributed by atoms with Crippen LogP contribution in [0.15, 0.2) is 74.0 Å². The maximum atomic E-state index is 14.2. The van der Waals surface area contributed by atoms with Crippen molar-refractivity contribution in [3.05, 3.63) is 85.1 Å². The number of amides is 3. The average Bonchev–Trinajstić information content (AvgIpc) is 3.74. The first-order valence-electron chi connectivity index (χ1n) is 18.1. The monoisotopic (exact) mass is 754 g/mol. The van der Waals surface area contributed by atoms with Crippen molar-refractivity contribution >= 4 is 30.7 Å². The number of carbonyl (C=O) groups excluding carboxylic acids is 4. The number of halogens is 2. The third-order valence-corrected chi connectivity index (χ3v) is 9.26. The zero-order valence-electron chi connectivity index (χ0n) is 32.1. The van der Waals surface area contributed by atoms with Crippen molar-refractivity contribution in [2.45, 2.75) is 83.3 Å². The predicted molar refractivity (Wildman–Crippen MR) is 208 cm³/mol. The second-order valence-electron chi connectivity index (χ2n) is 12.9. The van der Waals surface area contributed by atoms with Gasteiger partial charge in [-0.05, 0) is 94.3 Å². The highest BCUT2D eigenvalue weighted by molar-refractivity contribution is 6.00. The molecule has 0 radical (unpaired) electrons. The van der Waals surface area contributed by atoms with Gasteiger partial charge in [-0.2, -0.15) is 0 Å². The first-order chi connectivity index (χ1) is 26.1. The van der Waals surface area contributed by atoms with E-state index in [1.165, 1.54) is 6.07 Å². The number of hydrogen-bond donors (Lipinski definition) is 1. The lowest BCUT2D eigenvalue weighted by molar-refractivity contribution is -0.126. The quantitative estimate of drug-likeness (QED) is 0.109. The Balaban J connectivity index is 0.00000244. The number of benzene rings is 2. The van der Waals surface area contributed by atoms with E-state index in [9.17, 15) is 23.2 Å².